The van der Waals surface area contributed by atoms with Crippen LogP contribution in [0, 0.1) is 0 Å². The van der Waals surface area contributed by atoms with Crippen molar-refractivity contribution < 1.29 is 28.2 Å². The third kappa shape index (κ3) is 6.31. The average molecular weight is 577 g/mol. The highest BCUT2D eigenvalue weighted by atomic mass is 28.4. The van der Waals surface area contributed by atoms with Gasteiger partial charge in [-0.25, -0.2) is 0 Å². The second-order valence-electron chi connectivity index (χ2n) is 13.2. The van der Waals surface area contributed by atoms with Gasteiger partial charge in [-0.2, -0.15) is 0 Å². The molecule has 0 bridgehead atoms. The molecule has 2 saturated heterocycles. The minimum atomic E-state index is -2.81. The quantitative estimate of drug-likeness (QED) is 0.303. The lowest BCUT2D eigenvalue weighted by Gasteiger charge is -2.58. The Hall–Kier alpha value is -2.52. The molecule has 0 saturated carbocycles. The van der Waals surface area contributed by atoms with E-state index in [0.29, 0.717) is 19.8 Å². The number of benzene rings is 3. The van der Waals surface area contributed by atoms with E-state index in [1.54, 1.807) is 0 Å². The second-order valence-corrected chi connectivity index (χ2v) is 18.0. The molecule has 0 unspecified atom stereocenters. The molecule has 220 valence electrons. The van der Waals surface area contributed by atoms with E-state index in [4.69, 9.17) is 23.1 Å². The molecule has 6 nitrogen and oxygen atoms in total. The Kier molecular flexibility index (Phi) is 8.76. The topological polar surface area (TPSA) is 66.4 Å². The molecule has 2 fully saturated rings. The molecule has 0 aromatic heterocycles. The molecule has 7 heteroatoms. The lowest BCUT2D eigenvalue weighted by molar-refractivity contribution is -0.259. The maximum Gasteiger partial charge on any atom is 0.349 e. The summed E-state index contributed by atoms with van der Waals surface area (Å²) in [7, 11) is -2.81. The van der Waals surface area contributed by atoms with E-state index in [-0.39, 0.29) is 16.2 Å². The molecular formula is C34H44O6Si. The van der Waals surface area contributed by atoms with Crippen LogP contribution in [0.1, 0.15) is 64.3 Å². The van der Waals surface area contributed by atoms with Gasteiger partial charge in [0.1, 0.15) is 42.9 Å². The molecule has 0 aliphatic carbocycles. The first-order chi connectivity index (χ1) is 19.5. The van der Waals surface area contributed by atoms with Crippen LogP contribution < -0.4 is 4.74 Å². The van der Waals surface area contributed by atoms with Gasteiger partial charge in [0.25, 0.3) is 0 Å². The number of rotatable bonds is 7. The largest absolute Gasteiger partial charge is 0.489 e. The standard InChI is InChI=1S/C34H44O6Si/c1-33(2,3)41(34(4,5)6)38-23-28-31(40-41)32(37-22-25-15-11-8-12-16-25)29(35)30(39-28)26-17-19-27(20-18-26)36-21-24-13-9-7-10-14-24/h7-20,28-32,35H,21-23H2,1-6H3/t28-,29+,30-,31-,32-/m1/s1. The van der Waals surface area contributed by atoms with E-state index in [1.165, 1.54) is 0 Å². The molecule has 0 amide bonds. The summed E-state index contributed by atoms with van der Waals surface area (Å²) in [5, 5.41) is 11.4. The normalized spacial score (nSPS) is 26.3. The highest BCUT2D eigenvalue weighted by Crippen LogP contribution is 2.55. The minimum absolute atomic E-state index is 0.197. The molecule has 3 aromatic rings. The molecule has 2 aliphatic rings. The van der Waals surface area contributed by atoms with Crippen LogP contribution in [0.5, 0.6) is 5.75 Å². The van der Waals surface area contributed by atoms with Gasteiger partial charge in [-0.3, -0.25) is 0 Å². The molecule has 1 N–H and O–H groups in total. The third-order valence-corrected chi connectivity index (χ3v) is 13.3. The summed E-state index contributed by atoms with van der Waals surface area (Å²) in [4.78, 5) is 0. The Labute approximate surface area is 245 Å². The maximum absolute atomic E-state index is 11.8. The molecule has 5 atom stereocenters. The van der Waals surface area contributed by atoms with Gasteiger partial charge >= 0.3 is 8.56 Å². The molecule has 0 radical (unpaired) electrons. The Morgan fingerprint density at radius 3 is 1.90 bits per heavy atom. The molecule has 2 heterocycles. The summed E-state index contributed by atoms with van der Waals surface area (Å²) in [6.45, 7) is 14.4. The number of aliphatic hydroxyl groups is 1. The predicted molar refractivity (Wildman–Crippen MR) is 162 cm³/mol. The van der Waals surface area contributed by atoms with Gasteiger partial charge in [0.2, 0.25) is 0 Å². The van der Waals surface area contributed by atoms with Gasteiger partial charge in [0.15, 0.2) is 0 Å². The van der Waals surface area contributed by atoms with Gasteiger partial charge in [0, 0.05) is 10.1 Å². The highest BCUT2D eigenvalue weighted by Gasteiger charge is 2.64. The number of hydrogen-bond acceptors (Lipinski definition) is 6. The number of hydrogen-bond donors (Lipinski definition) is 1. The van der Waals surface area contributed by atoms with Gasteiger partial charge in [-0.15, -0.1) is 0 Å². The van der Waals surface area contributed by atoms with Crippen LogP contribution >= 0.6 is 0 Å². The van der Waals surface area contributed by atoms with Crippen LogP contribution in [0.2, 0.25) is 10.1 Å². The lowest BCUT2D eigenvalue weighted by Crippen LogP contribution is -2.70. The van der Waals surface area contributed by atoms with Crippen molar-refractivity contribution >= 4 is 8.56 Å². The first kappa shape index (κ1) is 30.0. The fourth-order valence-corrected chi connectivity index (χ4v) is 11.2. The van der Waals surface area contributed by atoms with Crippen molar-refractivity contribution in [2.75, 3.05) is 6.61 Å². The van der Waals surface area contributed by atoms with Crippen molar-refractivity contribution in [3.63, 3.8) is 0 Å². The van der Waals surface area contributed by atoms with Crippen molar-refractivity contribution in [2.45, 2.75) is 95.4 Å². The first-order valence-electron chi connectivity index (χ1n) is 14.6. The zero-order valence-corrected chi connectivity index (χ0v) is 26.1. The second kappa shape index (κ2) is 12.0. The summed E-state index contributed by atoms with van der Waals surface area (Å²) < 4.78 is 32.8. The molecule has 5 rings (SSSR count). The van der Waals surface area contributed by atoms with Crippen LogP contribution in [0.25, 0.3) is 0 Å². The highest BCUT2D eigenvalue weighted by molar-refractivity contribution is 6.73. The summed E-state index contributed by atoms with van der Waals surface area (Å²) >= 11 is 0. The summed E-state index contributed by atoms with van der Waals surface area (Å²) in [5.41, 5.74) is 3.01. The van der Waals surface area contributed by atoms with Crippen LogP contribution in [0.4, 0.5) is 0 Å². The molecule has 3 aromatic carbocycles. The van der Waals surface area contributed by atoms with Crippen molar-refractivity contribution in [3.05, 3.63) is 102 Å². The van der Waals surface area contributed by atoms with E-state index < -0.39 is 33.0 Å². The van der Waals surface area contributed by atoms with Crippen molar-refractivity contribution in [3.8, 4) is 5.75 Å². The Morgan fingerprint density at radius 1 is 0.780 bits per heavy atom. The number of fused-ring (bicyclic) bond motifs is 1. The molecule has 41 heavy (non-hydrogen) atoms. The van der Waals surface area contributed by atoms with Gasteiger partial charge < -0.3 is 28.2 Å². The zero-order chi connectivity index (χ0) is 29.3. The third-order valence-electron chi connectivity index (χ3n) is 8.13. The van der Waals surface area contributed by atoms with E-state index in [2.05, 4.69) is 41.5 Å². The zero-order valence-electron chi connectivity index (χ0n) is 25.1. The first-order valence-corrected chi connectivity index (χ1v) is 16.4. The van der Waals surface area contributed by atoms with E-state index in [0.717, 1.165) is 22.4 Å². The fraction of sp³-hybridized carbons (Fsp3) is 0.471. The molecule has 0 spiro atoms. The average Bonchev–Trinajstić information content (AvgIpc) is 2.95. The van der Waals surface area contributed by atoms with Crippen molar-refractivity contribution in [2.24, 2.45) is 0 Å². The summed E-state index contributed by atoms with van der Waals surface area (Å²) in [6, 6.07) is 27.9. The molecular weight excluding hydrogens is 532 g/mol. The SMILES string of the molecule is CC(C)(C)[Si]1(C(C)(C)C)OC[C@H]2O[C@H](c3ccc(OCc4ccccc4)cc3)[C@H](O)[C@@H](OCc3ccccc3)[C@@H]2O1. The Morgan fingerprint density at radius 2 is 1.34 bits per heavy atom. The van der Waals surface area contributed by atoms with Crippen LogP contribution in [0.15, 0.2) is 84.9 Å². The van der Waals surface area contributed by atoms with Crippen molar-refractivity contribution in [1.29, 1.82) is 0 Å². The van der Waals surface area contributed by atoms with Gasteiger partial charge in [-0.1, -0.05) is 114 Å². The van der Waals surface area contributed by atoms with Crippen LogP contribution in [0.3, 0.4) is 0 Å². The van der Waals surface area contributed by atoms with E-state index in [1.807, 2.05) is 84.9 Å². The Balaban J connectivity index is 1.39. The smallest absolute Gasteiger partial charge is 0.349 e. The monoisotopic (exact) mass is 576 g/mol. The van der Waals surface area contributed by atoms with Gasteiger partial charge in [0.05, 0.1) is 13.2 Å². The van der Waals surface area contributed by atoms with Crippen molar-refractivity contribution in [1.82, 2.24) is 0 Å². The van der Waals surface area contributed by atoms with E-state index in [9.17, 15) is 5.11 Å². The van der Waals surface area contributed by atoms with E-state index >= 15 is 0 Å². The summed E-state index contributed by atoms with van der Waals surface area (Å²) in [6.07, 6.45) is -2.93. The fourth-order valence-electron chi connectivity index (χ4n) is 6.27. The maximum atomic E-state index is 11.8. The summed E-state index contributed by atoms with van der Waals surface area (Å²) in [5.74, 6) is 0.758. The Bertz CT molecular complexity index is 1240. The van der Waals surface area contributed by atoms with Crippen LogP contribution in [-0.2, 0) is 31.5 Å². The lowest BCUT2D eigenvalue weighted by atomic mass is 9.91. The van der Waals surface area contributed by atoms with Crippen LogP contribution in [-0.4, -0.2) is 44.7 Å². The van der Waals surface area contributed by atoms with Gasteiger partial charge in [-0.05, 0) is 28.8 Å². The number of aliphatic hydroxyl groups excluding tert-OH is 1. The minimum Gasteiger partial charge on any atom is -0.489 e. The predicted octanol–water partition coefficient (Wildman–Crippen LogP) is 7.11. The number of ether oxygens (including phenoxy) is 3. The molecule has 2 aliphatic heterocycles.